The van der Waals surface area contributed by atoms with Crippen LogP contribution in [0.5, 0.6) is 0 Å². The van der Waals surface area contributed by atoms with Gasteiger partial charge < -0.3 is 0 Å². The average molecular weight is 179 g/mol. The lowest BCUT2D eigenvalue weighted by Crippen LogP contribution is -1.97. The van der Waals surface area contributed by atoms with Gasteiger partial charge in [0, 0.05) is 12.8 Å². The smallest absolute Gasteiger partial charge is 0.126 e. The number of hydrogen-bond donors (Lipinski definition) is 0. The van der Waals surface area contributed by atoms with Gasteiger partial charge in [0.25, 0.3) is 0 Å². The number of nitrogens with zero attached hydrogens (tertiary/aromatic N) is 1. The van der Waals surface area contributed by atoms with Crippen molar-refractivity contribution in [3.8, 4) is 0 Å². The molecule has 0 unspecified atom stereocenters. The number of benzene rings is 1. The molecule has 0 amide bonds. The van der Waals surface area contributed by atoms with Gasteiger partial charge in [-0.3, -0.25) is 4.99 Å². The molecule has 0 aromatic heterocycles. The Labute approximate surface area is 78.3 Å². The Bertz CT molecular complexity index is 329. The van der Waals surface area contributed by atoms with Crippen LogP contribution in [0.3, 0.4) is 0 Å². The van der Waals surface area contributed by atoms with Gasteiger partial charge in [-0.25, -0.2) is 4.39 Å². The fourth-order valence-corrected chi connectivity index (χ4v) is 1.20. The van der Waals surface area contributed by atoms with Crippen molar-refractivity contribution in [1.82, 2.24) is 0 Å². The van der Waals surface area contributed by atoms with E-state index in [1.807, 2.05) is 19.9 Å². The minimum atomic E-state index is -0.129. The summed E-state index contributed by atoms with van der Waals surface area (Å²) in [5.74, 6) is -0.129. The van der Waals surface area contributed by atoms with Crippen LogP contribution in [0, 0.1) is 5.82 Å². The minimum Gasteiger partial charge on any atom is -0.293 e. The number of hydrogen-bond acceptors (Lipinski definition) is 1. The molecule has 70 valence electrons. The van der Waals surface area contributed by atoms with Crippen molar-refractivity contribution in [2.45, 2.75) is 20.3 Å². The zero-order chi connectivity index (χ0) is 9.84. The van der Waals surface area contributed by atoms with Crippen LogP contribution in [-0.2, 0) is 6.42 Å². The SMILES string of the molecule is CCc1cc(C(C)=NC)ccc1F. The van der Waals surface area contributed by atoms with Gasteiger partial charge in [-0.05, 0) is 36.6 Å². The second-order valence-corrected chi connectivity index (χ2v) is 2.97. The topological polar surface area (TPSA) is 12.4 Å². The molecular weight excluding hydrogens is 165 g/mol. The van der Waals surface area contributed by atoms with Crippen LogP contribution in [0.4, 0.5) is 4.39 Å². The summed E-state index contributed by atoms with van der Waals surface area (Å²) < 4.78 is 13.1. The highest BCUT2D eigenvalue weighted by atomic mass is 19.1. The number of aryl methyl sites for hydroxylation is 1. The first kappa shape index (κ1) is 9.90. The molecule has 0 aliphatic heterocycles. The Morgan fingerprint density at radius 2 is 2.15 bits per heavy atom. The molecule has 1 aromatic rings. The standard InChI is InChI=1S/C11H14FN/c1-4-9-7-10(8(2)13-3)5-6-11(9)12/h5-7H,4H2,1-3H3. The van der Waals surface area contributed by atoms with E-state index >= 15 is 0 Å². The molecular formula is C11H14FN. The third kappa shape index (κ3) is 2.14. The molecule has 0 aliphatic rings. The van der Waals surface area contributed by atoms with Gasteiger partial charge in [0.1, 0.15) is 5.82 Å². The maximum absolute atomic E-state index is 13.1. The molecule has 0 saturated heterocycles. The lowest BCUT2D eigenvalue weighted by atomic mass is 10.1. The van der Waals surface area contributed by atoms with Crippen molar-refractivity contribution >= 4 is 5.71 Å². The quantitative estimate of drug-likeness (QED) is 0.619. The van der Waals surface area contributed by atoms with Gasteiger partial charge >= 0.3 is 0 Å². The lowest BCUT2D eigenvalue weighted by Gasteiger charge is -2.03. The highest BCUT2D eigenvalue weighted by molar-refractivity contribution is 5.98. The predicted molar refractivity (Wildman–Crippen MR) is 53.9 cm³/mol. The van der Waals surface area contributed by atoms with Gasteiger partial charge in [0.15, 0.2) is 0 Å². The van der Waals surface area contributed by atoms with Gasteiger partial charge in [-0.1, -0.05) is 13.0 Å². The molecule has 1 nitrogen and oxygen atoms in total. The predicted octanol–water partition coefficient (Wildman–Crippen LogP) is 2.83. The first-order valence-electron chi connectivity index (χ1n) is 4.41. The Hall–Kier alpha value is -1.18. The first-order valence-corrected chi connectivity index (χ1v) is 4.41. The van der Waals surface area contributed by atoms with E-state index in [4.69, 9.17) is 0 Å². The number of halogens is 1. The molecule has 0 spiro atoms. The summed E-state index contributed by atoms with van der Waals surface area (Å²) in [7, 11) is 1.74. The van der Waals surface area contributed by atoms with Gasteiger partial charge in [0.2, 0.25) is 0 Å². The van der Waals surface area contributed by atoms with E-state index in [1.165, 1.54) is 6.07 Å². The Balaban J connectivity index is 3.13. The molecule has 13 heavy (non-hydrogen) atoms. The van der Waals surface area contributed by atoms with Crippen LogP contribution in [-0.4, -0.2) is 12.8 Å². The van der Waals surface area contributed by atoms with Crippen LogP contribution in [0.1, 0.15) is 25.0 Å². The molecule has 1 rings (SSSR count). The van der Waals surface area contributed by atoms with Crippen LogP contribution in [0.2, 0.25) is 0 Å². The summed E-state index contributed by atoms with van der Waals surface area (Å²) in [6, 6.07) is 5.12. The van der Waals surface area contributed by atoms with E-state index in [0.29, 0.717) is 0 Å². The number of rotatable bonds is 2. The molecule has 0 atom stereocenters. The van der Waals surface area contributed by atoms with E-state index in [-0.39, 0.29) is 5.82 Å². The molecule has 0 N–H and O–H groups in total. The van der Waals surface area contributed by atoms with Crippen molar-refractivity contribution in [3.05, 3.63) is 35.1 Å². The second-order valence-electron chi connectivity index (χ2n) is 2.97. The third-order valence-corrected chi connectivity index (χ3v) is 2.18. The Morgan fingerprint density at radius 3 is 2.69 bits per heavy atom. The van der Waals surface area contributed by atoms with E-state index in [1.54, 1.807) is 13.1 Å². The van der Waals surface area contributed by atoms with E-state index in [0.717, 1.165) is 23.3 Å². The van der Waals surface area contributed by atoms with E-state index in [2.05, 4.69) is 4.99 Å². The molecule has 0 fully saturated rings. The Kier molecular flexibility index (Phi) is 3.18. The molecule has 0 saturated carbocycles. The zero-order valence-electron chi connectivity index (χ0n) is 8.26. The minimum absolute atomic E-state index is 0.129. The summed E-state index contributed by atoms with van der Waals surface area (Å²) in [6.07, 6.45) is 0.719. The van der Waals surface area contributed by atoms with Crippen LogP contribution < -0.4 is 0 Å². The molecule has 0 bridgehead atoms. The summed E-state index contributed by atoms with van der Waals surface area (Å²) in [6.45, 7) is 3.87. The maximum Gasteiger partial charge on any atom is 0.126 e. The summed E-state index contributed by atoms with van der Waals surface area (Å²) in [4.78, 5) is 4.06. The van der Waals surface area contributed by atoms with Gasteiger partial charge in [-0.15, -0.1) is 0 Å². The normalized spacial score (nSPS) is 11.8. The van der Waals surface area contributed by atoms with Crippen molar-refractivity contribution in [1.29, 1.82) is 0 Å². The van der Waals surface area contributed by atoms with Gasteiger partial charge in [-0.2, -0.15) is 0 Å². The highest BCUT2D eigenvalue weighted by Crippen LogP contribution is 2.11. The molecule has 1 aromatic carbocycles. The van der Waals surface area contributed by atoms with Crippen molar-refractivity contribution in [2.75, 3.05) is 7.05 Å². The van der Waals surface area contributed by atoms with Gasteiger partial charge in [0.05, 0.1) is 0 Å². The van der Waals surface area contributed by atoms with E-state index in [9.17, 15) is 4.39 Å². The molecule has 0 aliphatic carbocycles. The molecule has 0 radical (unpaired) electrons. The van der Waals surface area contributed by atoms with E-state index < -0.39 is 0 Å². The third-order valence-electron chi connectivity index (χ3n) is 2.18. The Morgan fingerprint density at radius 1 is 1.46 bits per heavy atom. The van der Waals surface area contributed by atoms with Crippen molar-refractivity contribution in [3.63, 3.8) is 0 Å². The maximum atomic E-state index is 13.1. The van der Waals surface area contributed by atoms with Crippen molar-refractivity contribution < 1.29 is 4.39 Å². The fourth-order valence-electron chi connectivity index (χ4n) is 1.20. The first-order chi connectivity index (χ1) is 6.19. The fraction of sp³-hybridized carbons (Fsp3) is 0.364. The molecule has 2 heteroatoms. The van der Waals surface area contributed by atoms with Crippen LogP contribution in [0.25, 0.3) is 0 Å². The lowest BCUT2D eigenvalue weighted by molar-refractivity contribution is 0.612. The number of aliphatic imine (C=N–C) groups is 1. The average Bonchev–Trinajstić information content (AvgIpc) is 2.17. The molecule has 0 heterocycles. The summed E-state index contributed by atoms with van der Waals surface area (Å²) >= 11 is 0. The van der Waals surface area contributed by atoms with Crippen LogP contribution >= 0.6 is 0 Å². The second kappa shape index (κ2) is 4.17. The monoisotopic (exact) mass is 179 g/mol. The summed E-state index contributed by atoms with van der Waals surface area (Å²) in [5, 5.41) is 0. The summed E-state index contributed by atoms with van der Waals surface area (Å²) in [5.41, 5.74) is 2.69. The van der Waals surface area contributed by atoms with Crippen LogP contribution in [0.15, 0.2) is 23.2 Å². The highest BCUT2D eigenvalue weighted by Gasteiger charge is 2.02. The zero-order valence-corrected chi connectivity index (χ0v) is 8.26. The van der Waals surface area contributed by atoms with Crippen molar-refractivity contribution in [2.24, 2.45) is 4.99 Å². The largest absolute Gasteiger partial charge is 0.293 e.